The summed E-state index contributed by atoms with van der Waals surface area (Å²) in [6, 6.07) is 8.31. The monoisotopic (exact) mass is 245 g/mol. The van der Waals surface area contributed by atoms with E-state index in [0.717, 1.165) is 36.8 Å². The van der Waals surface area contributed by atoms with E-state index in [1.807, 2.05) is 12.1 Å². The summed E-state index contributed by atoms with van der Waals surface area (Å²) in [5.74, 6) is 1.87. The van der Waals surface area contributed by atoms with E-state index in [9.17, 15) is 0 Å². The van der Waals surface area contributed by atoms with Crippen LogP contribution in [0.4, 0.5) is 0 Å². The first-order valence-electron chi connectivity index (χ1n) is 6.92. The van der Waals surface area contributed by atoms with Crippen LogP contribution in [-0.4, -0.2) is 6.54 Å². The summed E-state index contributed by atoms with van der Waals surface area (Å²) in [6.07, 6.45) is 2.17. The minimum atomic E-state index is 0.754. The number of rotatable bonds is 6. The second kappa shape index (κ2) is 6.05. The summed E-state index contributed by atoms with van der Waals surface area (Å²) in [7, 11) is 0. The largest absolute Gasteiger partial charge is 0.461 e. The van der Waals surface area contributed by atoms with Crippen LogP contribution in [-0.2, 0) is 13.0 Å². The van der Waals surface area contributed by atoms with Crippen LogP contribution in [0, 0.1) is 5.92 Å². The smallest absolute Gasteiger partial charge is 0.134 e. The molecule has 2 aromatic rings. The van der Waals surface area contributed by atoms with Crippen molar-refractivity contribution in [2.24, 2.45) is 5.92 Å². The van der Waals surface area contributed by atoms with Crippen LogP contribution in [0.25, 0.3) is 11.0 Å². The molecule has 1 aromatic heterocycles. The average molecular weight is 245 g/mol. The van der Waals surface area contributed by atoms with Crippen LogP contribution in [0.15, 0.2) is 28.7 Å². The number of fused-ring (bicyclic) bond motifs is 1. The quantitative estimate of drug-likeness (QED) is 0.774. The Morgan fingerprint density at radius 3 is 2.72 bits per heavy atom. The van der Waals surface area contributed by atoms with Gasteiger partial charge in [-0.05, 0) is 24.9 Å². The van der Waals surface area contributed by atoms with Gasteiger partial charge < -0.3 is 9.73 Å². The number of para-hydroxylation sites is 1. The fraction of sp³-hybridized carbons (Fsp3) is 0.500. The third-order valence-electron chi connectivity index (χ3n) is 3.30. The SMILES string of the molecule is CCc1oc2ccccc2c1CNCCC(C)C. The van der Waals surface area contributed by atoms with Gasteiger partial charge in [0.2, 0.25) is 0 Å². The van der Waals surface area contributed by atoms with Crippen molar-refractivity contribution in [1.82, 2.24) is 5.32 Å². The summed E-state index contributed by atoms with van der Waals surface area (Å²) in [4.78, 5) is 0. The van der Waals surface area contributed by atoms with Crippen molar-refractivity contribution in [2.75, 3.05) is 6.54 Å². The van der Waals surface area contributed by atoms with E-state index in [1.165, 1.54) is 17.4 Å². The van der Waals surface area contributed by atoms with Gasteiger partial charge in [0.1, 0.15) is 11.3 Å². The first kappa shape index (κ1) is 13.2. The second-order valence-electron chi connectivity index (χ2n) is 5.21. The van der Waals surface area contributed by atoms with Gasteiger partial charge in [-0.2, -0.15) is 0 Å². The number of furan rings is 1. The van der Waals surface area contributed by atoms with Crippen LogP contribution in [0.1, 0.15) is 38.5 Å². The predicted octanol–water partition coefficient (Wildman–Crippen LogP) is 4.13. The molecule has 1 N–H and O–H groups in total. The van der Waals surface area contributed by atoms with Crippen LogP contribution < -0.4 is 5.32 Å². The van der Waals surface area contributed by atoms with Gasteiger partial charge in [0, 0.05) is 23.9 Å². The third-order valence-corrected chi connectivity index (χ3v) is 3.30. The molecule has 0 fully saturated rings. The molecule has 2 heteroatoms. The molecule has 98 valence electrons. The van der Waals surface area contributed by atoms with Gasteiger partial charge >= 0.3 is 0 Å². The molecule has 0 amide bonds. The summed E-state index contributed by atoms with van der Waals surface area (Å²) in [6.45, 7) is 8.64. The molecule has 0 atom stereocenters. The van der Waals surface area contributed by atoms with E-state index in [-0.39, 0.29) is 0 Å². The molecule has 0 aliphatic carbocycles. The minimum Gasteiger partial charge on any atom is -0.461 e. The molecule has 0 aliphatic rings. The maximum Gasteiger partial charge on any atom is 0.134 e. The van der Waals surface area contributed by atoms with E-state index in [0.29, 0.717) is 0 Å². The molecule has 0 aliphatic heterocycles. The van der Waals surface area contributed by atoms with Gasteiger partial charge in [0.05, 0.1) is 0 Å². The second-order valence-corrected chi connectivity index (χ2v) is 5.21. The lowest BCUT2D eigenvalue weighted by Gasteiger charge is -2.07. The Bertz CT molecular complexity index is 499. The Hall–Kier alpha value is -1.28. The van der Waals surface area contributed by atoms with Gasteiger partial charge in [0.15, 0.2) is 0 Å². The van der Waals surface area contributed by atoms with E-state index < -0.39 is 0 Å². The van der Waals surface area contributed by atoms with Crippen LogP contribution >= 0.6 is 0 Å². The van der Waals surface area contributed by atoms with Gasteiger partial charge in [-0.15, -0.1) is 0 Å². The van der Waals surface area contributed by atoms with Crippen molar-refractivity contribution in [3.63, 3.8) is 0 Å². The van der Waals surface area contributed by atoms with Gasteiger partial charge in [-0.25, -0.2) is 0 Å². The van der Waals surface area contributed by atoms with Gasteiger partial charge in [-0.1, -0.05) is 39.0 Å². The molecule has 18 heavy (non-hydrogen) atoms. The van der Waals surface area contributed by atoms with E-state index in [4.69, 9.17) is 4.42 Å². The van der Waals surface area contributed by atoms with Crippen molar-refractivity contribution in [2.45, 2.75) is 40.2 Å². The predicted molar refractivity (Wildman–Crippen MR) is 76.8 cm³/mol. The third kappa shape index (κ3) is 2.94. The van der Waals surface area contributed by atoms with E-state index in [1.54, 1.807) is 0 Å². The highest BCUT2D eigenvalue weighted by Gasteiger charge is 2.11. The van der Waals surface area contributed by atoms with E-state index >= 15 is 0 Å². The number of hydrogen-bond donors (Lipinski definition) is 1. The molecule has 2 nitrogen and oxygen atoms in total. The Kier molecular flexibility index (Phi) is 4.43. The van der Waals surface area contributed by atoms with E-state index in [2.05, 4.69) is 38.2 Å². The Labute approximate surface area is 109 Å². The van der Waals surface area contributed by atoms with Crippen molar-refractivity contribution in [3.8, 4) is 0 Å². The zero-order chi connectivity index (χ0) is 13.0. The Morgan fingerprint density at radius 2 is 2.00 bits per heavy atom. The molecule has 0 bridgehead atoms. The first-order chi connectivity index (χ1) is 8.72. The molecule has 0 saturated heterocycles. The van der Waals surface area contributed by atoms with Crippen LogP contribution in [0.5, 0.6) is 0 Å². The number of aryl methyl sites for hydroxylation is 1. The first-order valence-corrected chi connectivity index (χ1v) is 6.92. The summed E-state index contributed by atoms with van der Waals surface area (Å²) in [5, 5.41) is 4.78. The Morgan fingerprint density at radius 1 is 1.22 bits per heavy atom. The lowest BCUT2D eigenvalue weighted by molar-refractivity contribution is 0.523. The van der Waals surface area contributed by atoms with Crippen LogP contribution in [0.3, 0.4) is 0 Å². The van der Waals surface area contributed by atoms with Crippen LogP contribution in [0.2, 0.25) is 0 Å². The molecule has 0 spiro atoms. The fourth-order valence-electron chi connectivity index (χ4n) is 2.23. The minimum absolute atomic E-state index is 0.754. The maximum atomic E-state index is 5.89. The molecule has 2 rings (SSSR count). The van der Waals surface area contributed by atoms with Crippen molar-refractivity contribution in [3.05, 3.63) is 35.6 Å². The molecule has 0 unspecified atom stereocenters. The zero-order valence-corrected chi connectivity index (χ0v) is 11.6. The lowest BCUT2D eigenvalue weighted by atomic mass is 10.1. The molecular weight excluding hydrogens is 222 g/mol. The highest BCUT2D eigenvalue weighted by atomic mass is 16.3. The summed E-state index contributed by atoms with van der Waals surface area (Å²) in [5.41, 5.74) is 2.34. The lowest BCUT2D eigenvalue weighted by Crippen LogP contribution is -2.16. The topological polar surface area (TPSA) is 25.2 Å². The number of benzene rings is 1. The zero-order valence-electron chi connectivity index (χ0n) is 11.6. The summed E-state index contributed by atoms with van der Waals surface area (Å²) < 4.78 is 5.89. The highest BCUT2D eigenvalue weighted by Crippen LogP contribution is 2.26. The fourth-order valence-corrected chi connectivity index (χ4v) is 2.23. The highest BCUT2D eigenvalue weighted by molar-refractivity contribution is 5.82. The van der Waals surface area contributed by atoms with Crippen molar-refractivity contribution >= 4 is 11.0 Å². The van der Waals surface area contributed by atoms with Crippen molar-refractivity contribution < 1.29 is 4.42 Å². The molecular formula is C16H23NO. The molecule has 1 heterocycles. The number of nitrogens with one attached hydrogen (secondary N) is 1. The Balaban J connectivity index is 2.10. The molecule has 1 aromatic carbocycles. The van der Waals surface area contributed by atoms with Gasteiger partial charge in [0.25, 0.3) is 0 Å². The average Bonchev–Trinajstić information content (AvgIpc) is 2.72. The van der Waals surface area contributed by atoms with Crippen molar-refractivity contribution in [1.29, 1.82) is 0 Å². The maximum absolute atomic E-state index is 5.89. The number of hydrogen-bond acceptors (Lipinski definition) is 2. The summed E-state index contributed by atoms with van der Waals surface area (Å²) >= 11 is 0. The normalized spacial score (nSPS) is 11.6. The molecule has 0 saturated carbocycles. The standard InChI is InChI=1S/C16H23NO/c1-4-15-14(11-17-10-9-12(2)3)13-7-5-6-8-16(13)18-15/h5-8,12,17H,4,9-11H2,1-3H3. The van der Waals surface area contributed by atoms with Gasteiger partial charge in [-0.3, -0.25) is 0 Å². The molecule has 0 radical (unpaired) electrons.